The van der Waals surface area contributed by atoms with Gasteiger partial charge in [0, 0.05) is 7.11 Å². The van der Waals surface area contributed by atoms with Crippen LogP contribution in [0.5, 0.6) is 0 Å². The van der Waals surface area contributed by atoms with E-state index in [1.165, 1.54) is 7.11 Å². The molecule has 0 spiro atoms. The molecule has 1 fully saturated rings. The van der Waals surface area contributed by atoms with Crippen LogP contribution in [0.2, 0.25) is 0 Å². The highest BCUT2D eigenvalue weighted by atomic mass is 16.7. The minimum absolute atomic E-state index is 0.321. The fourth-order valence-corrected chi connectivity index (χ4v) is 1.06. The molecule has 5 heteroatoms. The minimum atomic E-state index is -1.07. The van der Waals surface area contributed by atoms with Gasteiger partial charge in [-0.3, -0.25) is 0 Å². The summed E-state index contributed by atoms with van der Waals surface area (Å²) in [6.07, 6.45) is -3.71. The van der Waals surface area contributed by atoms with E-state index in [1.54, 1.807) is 0 Å². The van der Waals surface area contributed by atoms with Crippen molar-refractivity contribution < 1.29 is 24.8 Å². The first-order valence-corrected chi connectivity index (χ1v) is 3.36. The maximum atomic E-state index is 9.15. The smallest absolute Gasteiger partial charge is 0.186 e. The molecule has 0 aromatic heterocycles. The van der Waals surface area contributed by atoms with Gasteiger partial charge in [0.05, 0.1) is 6.61 Å². The van der Waals surface area contributed by atoms with Crippen molar-refractivity contribution in [2.75, 3.05) is 13.7 Å². The summed E-state index contributed by atoms with van der Waals surface area (Å²) in [7, 11) is 1.36. The van der Waals surface area contributed by atoms with Crippen molar-refractivity contribution in [1.29, 1.82) is 0 Å². The lowest BCUT2D eigenvalue weighted by atomic mass is 10.1. The molecule has 1 rings (SSSR count). The van der Waals surface area contributed by atoms with Crippen LogP contribution >= 0.6 is 0 Å². The predicted octanol–water partition coefficient (Wildman–Crippen LogP) is -1.93. The summed E-state index contributed by atoms with van der Waals surface area (Å²) in [5, 5.41) is 26.9. The lowest BCUT2D eigenvalue weighted by molar-refractivity contribution is -0.153. The third-order valence-corrected chi connectivity index (χ3v) is 1.73. The highest BCUT2D eigenvalue weighted by Gasteiger charge is 2.42. The summed E-state index contributed by atoms with van der Waals surface area (Å²) < 4.78 is 9.59. The lowest BCUT2D eigenvalue weighted by Crippen LogP contribution is -2.34. The van der Waals surface area contributed by atoms with Gasteiger partial charge < -0.3 is 24.8 Å². The molecule has 5 nitrogen and oxygen atoms in total. The maximum absolute atomic E-state index is 9.15. The van der Waals surface area contributed by atoms with Crippen molar-refractivity contribution in [3.63, 3.8) is 0 Å². The molecule has 1 saturated heterocycles. The van der Waals surface area contributed by atoms with Gasteiger partial charge in [0.1, 0.15) is 18.3 Å². The summed E-state index contributed by atoms with van der Waals surface area (Å²) in [6, 6.07) is 0. The molecule has 0 bridgehead atoms. The van der Waals surface area contributed by atoms with Gasteiger partial charge in [-0.05, 0) is 0 Å². The minimum Gasteiger partial charge on any atom is -0.394 e. The maximum Gasteiger partial charge on any atom is 0.186 e. The zero-order valence-corrected chi connectivity index (χ0v) is 6.17. The fraction of sp³-hybridized carbons (Fsp3) is 1.00. The first-order valence-electron chi connectivity index (χ1n) is 3.36. The van der Waals surface area contributed by atoms with Crippen LogP contribution < -0.4 is 0 Å². The van der Waals surface area contributed by atoms with E-state index in [1.807, 2.05) is 0 Å². The van der Waals surface area contributed by atoms with Crippen molar-refractivity contribution >= 4 is 0 Å². The third kappa shape index (κ3) is 1.52. The number of hydrogen-bond acceptors (Lipinski definition) is 5. The fourth-order valence-electron chi connectivity index (χ4n) is 1.06. The molecule has 0 amide bonds. The Morgan fingerprint density at radius 1 is 1.36 bits per heavy atom. The Morgan fingerprint density at radius 3 is 2.27 bits per heavy atom. The van der Waals surface area contributed by atoms with E-state index in [0.29, 0.717) is 0 Å². The summed E-state index contributed by atoms with van der Waals surface area (Å²) in [5.74, 6) is 0. The lowest BCUT2D eigenvalue weighted by Gasteiger charge is -2.11. The van der Waals surface area contributed by atoms with Gasteiger partial charge in [0.15, 0.2) is 6.29 Å². The number of aliphatic hydroxyl groups is 3. The number of aliphatic hydroxyl groups excluding tert-OH is 3. The highest BCUT2D eigenvalue weighted by Crippen LogP contribution is 2.20. The molecule has 66 valence electrons. The molecular weight excluding hydrogens is 152 g/mol. The second kappa shape index (κ2) is 3.46. The predicted molar refractivity (Wildman–Crippen MR) is 34.8 cm³/mol. The van der Waals surface area contributed by atoms with Gasteiger partial charge in [-0.25, -0.2) is 0 Å². The highest BCUT2D eigenvalue weighted by molar-refractivity contribution is 4.85. The van der Waals surface area contributed by atoms with Crippen LogP contribution in [-0.2, 0) is 9.47 Å². The van der Waals surface area contributed by atoms with Crippen molar-refractivity contribution in [2.24, 2.45) is 0 Å². The van der Waals surface area contributed by atoms with Crippen LogP contribution in [0.1, 0.15) is 0 Å². The van der Waals surface area contributed by atoms with Gasteiger partial charge >= 0.3 is 0 Å². The van der Waals surface area contributed by atoms with E-state index in [9.17, 15) is 0 Å². The normalized spacial score (nSPS) is 44.7. The number of ether oxygens (including phenoxy) is 2. The van der Waals surface area contributed by atoms with E-state index >= 15 is 0 Å². The SMILES string of the molecule is CO[C@@H]1O[C@H](CO)[C@@H](O)[C@@H]1O. The van der Waals surface area contributed by atoms with Crippen molar-refractivity contribution in [3.8, 4) is 0 Å². The molecule has 0 aromatic carbocycles. The van der Waals surface area contributed by atoms with Crippen LogP contribution in [0, 0.1) is 0 Å². The molecule has 0 aromatic rings. The second-order valence-electron chi connectivity index (χ2n) is 2.44. The molecule has 4 atom stereocenters. The van der Waals surface area contributed by atoms with E-state index in [2.05, 4.69) is 4.74 Å². The van der Waals surface area contributed by atoms with Gasteiger partial charge in [-0.15, -0.1) is 0 Å². The molecule has 0 unspecified atom stereocenters. The average Bonchev–Trinajstić information content (AvgIpc) is 2.30. The molecule has 0 aliphatic carbocycles. The van der Waals surface area contributed by atoms with Gasteiger partial charge in [0.25, 0.3) is 0 Å². The molecule has 1 heterocycles. The van der Waals surface area contributed by atoms with Gasteiger partial charge in [-0.1, -0.05) is 0 Å². The number of methoxy groups -OCH3 is 1. The largest absolute Gasteiger partial charge is 0.394 e. The van der Waals surface area contributed by atoms with Crippen molar-refractivity contribution in [1.82, 2.24) is 0 Å². The van der Waals surface area contributed by atoms with Crippen molar-refractivity contribution in [3.05, 3.63) is 0 Å². The van der Waals surface area contributed by atoms with Gasteiger partial charge in [0.2, 0.25) is 0 Å². The van der Waals surface area contributed by atoms with Crippen LogP contribution in [0.4, 0.5) is 0 Å². The molecule has 1 aliphatic heterocycles. The topological polar surface area (TPSA) is 79.2 Å². The molecular formula is C6H12O5. The molecule has 0 saturated carbocycles. The molecule has 11 heavy (non-hydrogen) atoms. The summed E-state index contributed by atoms with van der Waals surface area (Å²) in [4.78, 5) is 0. The van der Waals surface area contributed by atoms with Crippen LogP contribution in [0.3, 0.4) is 0 Å². The molecule has 0 radical (unpaired) electrons. The standard InChI is InChI=1S/C6H12O5/c1-10-6-5(9)4(8)3(2-7)11-6/h3-9H,2H2,1H3/t3-,4-,5+,6-/m1/s1. The van der Waals surface area contributed by atoms with Crippen molar-refractivity contribution in [2.45, 2.75) is 24.6 Å². The van der Waals surface area contributed by atoms with Crippen LogP contribution in [0.15, 0.2) is 0 Å². The Labute approximate surface area is 64.2 Å². The van der Waals surface area contributed by atoms with Crippen LogP contribution in [0.25, 0.3) is 0 Å². The molecule has 3 N–H and O–H groups in total. The zero-order chi connectivity index (χ0) is 8.43. The third-order valence-electron chi connectivity index (χ3n) is 1.73. The number of rotatable bonds is 2. The Balaban J connectivity index is 2.53. The summed E-state index contributed by atoms with van der Waals surface area (Å²) in [5.41, 5.74) is 0. The van der Waals surface area contributed by atoms with Gasteiger partial charge in [-0.2, -0.15) is 0 Å². The number of hydrogen-bond donors (Lipinski definition) is 3. The first-order chi connectivity index (χ1) is 5.20. The Kier molecular flexibility index (Phi) is 2.80. The Bertz CT molecular complexity index is 110. The average molecular weight is 164 g/mol. The Hall–Kier alpha value is -0.200. The van der Waals surface area contributed by atoms with E-state index in [0.717, 1.165) is 0 Å². The second-order valence-corrected chi connectivity index (χ2v) is 2.44. The first kappa shape index (κ1) is 8.89. The quantitative estimate of drug-likeness (QED) is 0.443. The van der Waals surface area contributed by atoms with E-state index in [4.69, 9.17) is 20.1 Å². The van der Waals surface area contributed by atoms with Crippen LogP contribution in [-0.4, -0.2) is 53.6 Å². The summed E-state index contributed by atoms with van der Waals surface area (Å²) >= 11 is 0. The zero-order valence-electron chi connectivity index (χ0n) is 6.17. The van der Waals surface area contributed by atoms with E-state index in [-0.39, 0.29) is 6.61 Å². The summed E-state index contributed by atoms with van der Waals surface area (Å²) in [6.45, 7) is -0.321. The van der Waals surface area contributed by atoms with E-state index < -0.39 is 24.6 Å². The Morgan fingerprint density at radius 2 is 2.00 bits per heavy atom. The monoisotopic (exact) mass is 164 g/mol. The molecule has 1 aliphatic rings.